The Morgan fingerprint density at radius 1 is 1.17 bits per heavy atom. The van der Waals surface area contributed by atoms with Gasteiger partial charge in [-0.25, -0.2) is 0 Å². The van der Waals surface area contributed by atoms with Crippen LogP contribution in [0.3, 0.4) is 0 Å². The number of nitrogens with one attached hydrogen (secondary N) is 1. The highest BCUT2D eigenvalue weighted by Gasteiger charge is 2.13. The lowest BCUT2D eigenvalue weighted by Crippen LogP contribution is -2.23. The Balaban J connectivity index is 2.69. The smallest absolute Gasteiger partial charge is 0.125 e. The second kappa shape index (κ2) is 7.98. The van der Waals surface area contributed by atoms with Gasteiger partial charge in [0.15, 0.2) is 0 Å². The van der Waals surface area contributed by atoms with Crippen molar-refractivity contribution < 1.29 is 9.47 Å². The van der Waals surface area contributed by atoms with Gasteiger partial charge < -0.3 is 14.8 Å². The van der Waals surface area contributed by atoms with Crippen LogP contribution in [0.1, 0.15) is 25.8 Å². The largest absolute Gasteiger partial charge is 0.496 e. The Morgan fingerprint density at radius 2 is 1.78 bits per heavy atom. The van der Waals surface area contributed by atoms with Crippen molar-refractivity contribution in [3.05, 3.63) is 23.8 Å². The predicted molar refractivity (Wildman–Crippen MR) is 75.6 cm³/mol. The molecule has 0 aliphatic rings. The Bertz CT molecular complexity index is 330. The van der Waals surface area contributed by atoms with Crippen LogP contribution in [-0.4, -0.2) is 27.3 Å². The molecular weight excluding hydrogens is 226 g/mol. The molecule has 1 atom stereocenters. The summed E-state index contributed by atoms with van der Waals surface area (Å²) in [4.78, 5) is 0. The Morgan fingerprint density at radius 3 is 2.28 bits per heavy atom. The van der Waals surface area contributed by atoms with E-state index in [4.69, 9.17) is 9.47 Å². The molecule has 0 aliphatic heterocycles. The van der Waals surface area contributed by atoms with E-state index in [1.54, 1.807) is 14.2 Å². The van der Waals surface area contributed by atoms with Gasteiger partial charge >= 0.3 is 0 Å². The van der Waals surface area contributed by atoms with E-state index in [0.29, 0.717) is 5.92 Å². The number of hydrogen-bond acceptors (Lipinski definition) is 3. The van der Waals surface area contributed by atoms with Crippen LogP contribution in [0.5, 0.6) is 11.5 Å². The molecule has 3 nitrogen and oxygen atoms in total. The summed E-state index contributed by atoms with van der Waals surface area (Å²) >= 11 is 0. The third kappa shape index (κ3) is 4.22. The zero-order chi connectivity index (χ0) is 13.4. The SMILES string of the molecule is CCCNCC(C)Cc1c(OC)cccc1OC. The number of hydrogen-bond donors (Lipinski definition) is 1. The van der Waals surface area contributed by atoms with E-state index in [-0.39, 0.29) is 0 Å². The van der Waals surface area contributed by atoms with Crippen LogP contribution in [0.4, 0.5) is 0 Å². The number of methoxy groups -OCH3 is 2. The van der Waals surface area contributed by atoms with Crippen molar-refractivity contribution in [2.75, 3.05) is 27.3 Å². The Kier molecular flexibility index (Phi) is 6.58. The average Bonchev–Trinajstić information content (AvgIpc) is 2.39. The summed E-state index contributed by atoms with van der Waals surface area (Å²) in [5, 5.41) is 3.45. The molecule has 1 N–H and O–H groups in total. The van der Waals surface area contributed by atoms with Crippen molar-refractivity contribution in [3.8, 4) is 11.5 Å². The van der Waals surface area contributed by atoms with Crippen LogP contribution < -0.4 is 14.8 Å². The Labute approximate surface area is 110 Å². The molecule has 0 bridgehead atoms. The molecule has 0 heterocycles. The minimum Gasteiger partial charge on any atom is -0.496 e. The maximum absolute atomic E-state index is 5.41. The first-order valence-corrected chi connectivity index (χ1v) is 6.63. The van der Waals surface area contributed by atoms with Gasteiger partial charge in [0.1, 0.15) is 11.5 Å². The molecule has 0 aromatic heterocycles. The molecule has 0 radical (unpaired) electrons. The quantitative estimate of drug-likeness (QED) is 0.721. The van der Waals surface area contributed by atoms with Gasteiger partial charge in [-0.3, -0.25) is 0 Å². The van der Waals surface area contributed by atoms with E-state index in [9.17, 15) is 0 Å². The molecule has 0 amide bonds. The second-order valence-electron chi connectivity index (χ2n) is 4.65. The lowest BCUT2D eigenvalue weighted by atomic mass is 9.99. The van der Waals surface area contributed by atoms with Crippen molar-refractivity contribution in [3.63, 3.8) is 0 Å². The van der Waals surface area contributed by atoms with Gasteiger partial charge in [-0.15, -0.1) is 0 Å². The zero-order valence-corrected chi connectivity index (χ0v) is 12.0. The minimum atomic E-state index is 0.557. The van der Waals surface area contributed by atoms with E-state index in [1.807, 2.05) is 18.2 Å². The van der Waals surface area contributed by atoms with E-state index >= 15 is 0 Å². The van der Waals surface area contributed by atoms with Gasteiger partial charge in [0.05, 0.1) is 14.2 Å². The first kappa shape index (κ1) is 14.8. The fraction of sp³-hybridized carbons (Fsp3) is 0.600. The molecule has 102 valence electrons. The summed E-state index contributed by atoms with van der Waals surface area (Å²) < 4.78 is 10.8. The summed E-state index contributed by atoms with van der Waals surface area (Å²) in [6.45, 7) is 6.53. The van der Waals surface area contributed by atoms with E-state index in [1.165, 1.54) is 6.42 Å². The highest BCUT2D eigenvalue weighted by atomic mass is 16.5. The van der Waals surface area contributed by atoms with Crippen LogP contribution in [0.2, 0.25) is 0 Å². The number of rotatable bonds is 8. The maximum Gasteiger partial charge on any atom is 0.125 e. The monoisotopic (exact) mass is 251 g/mol. The van der Waals surface area contributed by atoms with Crippen molar-refractivity contribution >= 4 is 0 Å². The van der Waals surface area contributed by atoms with Crippen LogP contribution >= 0.6 is 0 Å². The van der Waals surface area contributed by atoms with Crippen molar-refractivity contribution in [1.82, 2.24) is 5.32 Å². The molecule has 1 aromatic rings. The van der Waals surface area contributed by atoms with Gasteiger partial charge in [0.2, 0.25) is 0 Å². The molecule has 18 heavy (non-hydrogen) atoms. The maximum atomic E-state index is 5.41. The predicted octanol–water partition coefficient (Wildman–Crippen LogP) is 2.88. The summed E-state index contributed by atoms with van der Waals surface area (Å²) in [6, 6.07) is 5.94. The average molecular weight is 251 g/mol. The van der Waals surface area contributed by atoms with Crippen molar-refractivity contribution in [2.24, 2.45) is 5.92 Å². The molecule has 1 unspecified atom stereocenters. The van der Waals surface area contributed by atoms with E-state index in [0.717, 1.165) is 36.6 Å². The topological polar surface area (TPSA) is 30.5 Å². The number of ether oxygens (including phenoxy) is 2. The summed E-state index contributed by atoms with van der Waals surface area (Å²) in [5.74, 6) is 2.38. The fourth-order valence-electron chi connectivity index (χ4n) is 2.08. The first-order valence-electron chi connectivity index (χ1n) is 6.63. The summed E-state index contributed by atoms with van der Waals surface area (Å²) in [6.07, 6.45) is 2.13. The van der Waals surface area contributed by atoms with Crippen LogP contribution in [-0.2, 0) is 6.42 Å². The van der Waals surface area contributed by atoms with Crippen molar-refractivity contribution in [2.45, 2.75) is 26.7 Å². The van der Waals surface area contributed by atoms with Crippen molar-refractivity contribution in [1.29, 1.82) is 0 Å². The summed E-state index contributed by atoms with van der Waals surface area (Å²) in [7, 11) is 3.41. The fourth-order valence-corrected chi connectivity index (χ4v) is 2.08. The molecule has 0 saturated heterocycles. The summed E-state index contributed by atoms with van der Waals surface area (Å²) in [5.41, 5.74) is 1.16. The van der Waals surface area contributed by atoms with Gasteiger partial charge in [-0.1, -0.05) is 19.9 Å². The van der Waals surface area contributed by atoms with Gasteiger partial charge in [0.25, 0.3) is 0 Å². The second-order valence-corrected chi connectivity index (χ2v) is 4.65. The highest BCUT2D eigenvalue weighted by molar-refractivity contribution is 5.45. The van der Waals surface area contributed by atoms with Crippen LogP contribution in [0.25, 0.3) is 0 Å². The molecular formula is C15H25NO2. The van der Waals surface area contributed by atoms with Gasteiger partial charge in [-0.2, -0.15) is 0 Å². The first-order chi connectivity index (χ1) is 8.72. The third-order valence-corrected chi connectivity index (χ3v) is 3.00. The van der Waals surface area contributed by atoms with E-state index in [2.05, 4.69) is 19.2 Å². The molecule has 0 saturated carbocycles. The molecule has 0 aliphatic carbocycles. The lowest BCUT2D eigenvalue weighted by Gasteiger charge is -2.17. The standard InChI is InChI=1S/C15H25NO2/c1-5-9-16-11-12(2)10-13-14(17-3)7-6-8-15(13)18-4/h6-8,12,16H,5,9-11H2,1-4H3. The molecule has 1 aromatic carbocycles. The van der Waals surface area contributed by atoms with Crippen LogP contribution in [0, 0.1) is 5.92 Å². The zero-order valence-electron chi connectivity index (χ0n) is 12.0. The number of benzene rings is 1. The molecule has 1 rings (SSSR count). The normalized spacial score (nSPS) is 12.2. The Hall–Kier alpha value is -1.22. The minimum absolute atomic E-state index is 0.557. The molecule has 3 heteroatoms. The van der Waals surface area contributed by atoms with E-state index < -0.39 is 0 Å². The third-order valence-electron chi connectivity index (χ3n) is 3.00. The lowest BCUT2D eigenvalue weighted by molar-refractivity contribution is 0.377. The molecule has 0 fully saturated rings. The van der Waals surface area contributed by atoms with Crippen LogP contribution in [0.15, 0.2) is 18.2 Å². The van der Waals surface area contributed by atoms with Gasteiger partial charge in [-0.05, 0) is 44.0 Å². The molecule has 0 spiro atoms. The highest BCUT2D eigenvalue weighted by Crippen LogP contribution is 2.30. The van der Waals surface area contributed by atoms with Gasteiger partial charge in [0, 0.05) is 5.56 Å².